The van der Waals surface area contributed by atoms with Gasteiger partial charge in [-0.05, 0) is 24.6 Å². The monoisotopic (exact) mass is 352 g/mol. The van der Waals surface area contributed by atoms with E-state index in [9.17, 15) is 4.79 Å². The molecule has 0 aliphatic rings. The number of carboxylic acids is 1. The number of hydrogen-bond donors (Lipinski definition) is 1. The zero-order valence-corrected chi connectivity index (χ0v) is 13.6. The molecule has 0 bridgehead atoms. The van der Waals surface area contributed by atoms with Crippen LogP contribution >= 0.6 is 23.4 Å². The first-order valence-electron chi connectivity index (χ1n) is 6.64. The Hall–Kier alpha value is -2.17. The van der Waals surface area contributed by atoms with Crippen LogP contribution in [0, 0.1) is 12.3 Å². The molecule has 23 heavy (non-hydrogen) atoms. The Bertz CT molecular complexity index is 727. The molecule has 6 nitrogen and oxygen atoms in total. The van der Waals surface area contributed by atoms with Gasteiger partial charge in [-0.1, -0.05) is 29.3 Å². The van der Waals surface area contributed by atoms with E-state index < -0.39 is 5.97 Å². The van der Waals surface area contributed by atoms with Crippen molar-refractivity contribution >= 4 is 29.3 Å². The maximum Gasteiger partial charge on any atom is 0.303 e. The number of aromatic nitrogens is 2. The summed E-state index contributed by atoms with van der Waals surface area (Å²) in [5.41, 5.74) is 0.588. The summed E-state index contributed by atoms with van der Waals surface area (Å²) >= 11 is 7.49. The van der Waals surface area contributed by atoms with Gasteiger partial charge in [-0.2, -0.15) is 0 Å². The number of thioether (sulfide) groups is 1. The van der Waals surface area contributed by atoms with Gasteiger partial charge in [0.25, 0.3) is 5.22 Å². The molecule has 0 saturated heterocycles. The van der Waals surface area contributed by atoms with E-state index >= 15 is 0 Å². The molecule has 8 heteroatoms. The van der Waals surface area contributed by atoms with E-state index in [0.717, 1.165) is 0 Å². The highest BCUT2D eigenvalue weighted by atomic mass is 35.5. The van der Waals surface area contributed by atoms with Crippen molar-refractivity contribution in [2.45, 2.75) is 18.1 Å². The minimum Gasteiger partial charge on any atom is -0.481 e. The van der Waals surface area contributed by atoms with Crippen LogP contribution in [-0.4, -0.2) is 33.6 Å². The molecule has 0 radical (unpaired) electrons. The number of terminal acetylenes is 1. The van der Waals surface area contributed by atoms with Crippen molar-refractivity contribution < 1.29 is 19.1 Å². The van der Waals surface area contributed by atoms with E-state index in [1.54, 1.807) is 18.2 Å². The largest absolute Gasteiger partial charge is 0.481 e. The van der Waals surface area contributed by atoms with E-state index in [1.807, 2.05) is 0 Å². The van der Waals surface area contributed by atoms with Crippen LogP contribution in [0.4, 0.5) is 0 Å². The van der Waals surface area contributed by atoms with Crippen LogP contribution in [0.3, 0.4) is 0 Å². The van der Waals surface area contributed by atoms with Crippen LogP contribution in [0.15, 0.2) is 27.8 Å². The normalized spacial score (nSPS) is 10.3. The molecule has 2 aromatic rings. The number of rotatable bonds is 8. The van der Waals surface area contributed by atoms with Crippen molar-refractivity contribution in [1.82, 2.24) is 10.2 Å². The highest BCUT2D eigenvalue weighted by Gasteiger charge is 2.13. The van der Waals surface area contributed by atoms with Crippen molar-refractivity contribution in [2.75, 3.05) is 12.4 Å². The van der Waals surface area contributed by atoms with Gasteiger partial charge in [-0.25, -0.2) is 0 Å². The van der Waals surface area contributed by atoms with Gasteiger partial charge in [0.05, 0.1) is 10.6 Å². The number of carboxylic acid groups (broad SMARTS) is 1. The highest BCUT2D eigenvalue weighted by molar-refractivity contribution is 7.99. The molecule has 0 unspecified atom stereocenters. The Morgan fingerprint density at radius 3 is 3.00 bits per heavy atom. The van der Waals surface area contributed by atoms with Crippen LogP contribution in [0.5, 0.6) is 5.75 Å². The summed E-state index contributed by atoms with van der Waals surface area (Å²) < 4.78 is 10.8. The zero-order chi connectivity index (χ0) is 16.7. The lowest BCUT2D eigenvalue weighted by Crippen LogP contribution is -1.94. The Balaban J connectivity index is 1.99. The Labute approximate surface area is 142 Å². The maximum atomic E-state index is 10.4. The Morgan fingerprint density at radius 1 is 1.48 bits per heavy atom. The van der Waals surface area contributed by atoms with Crippen molar-refractivity contribution in [3.8, 4) is 29.5 Å². The zero-order valence-electron chi connectivity index (χ0n) is 12.0. The van der Waals surface area contributed by atoms with Gasteiger partial charge in [0.15, 0.2) is 0 Å². The van der Waals surface area contributed by atoms with E-state index in [1.165, 1.54) is 11.8 Å². The quantitative estimate of drug-likeness (QED) is 0.443. The second-order valence-corrected chi connectivity index (χ2v) is 5.81. The van der Waals surface area contributed by atoms with E-state index in [4.69, 9.17) is 32.3 Å². The first-order chi connectivity index (χ1) is 11.1. The predicted octanol–water partition coefficient (Wildman–Crippen LogP) is 3.36. The summed E-state index contributed by atoms with van der Waals surface area (Å²) in [6.07, 6.45) is 5.77. The lowest BCUT2D eigenvalue weighted by atomic mass is 10.2. The molecule has 0 fully saturated rings. The molecular formula is C15H13ClN2O4S. The average Bonchev–Trinajstić information content (AvgIpc) is 2.98. The molecule has 120 valence electrons. The number of aliphatic carboxylic acids is 1. The number of nitrogens with zero attached hydrogens (tertiary/aromatic N) is 2. The molecule has 0 spiro atoms. The third-order valence-electron chi connectivity index (χ3n) is 2.66. The molecule has 2 rings (SSSR count). The molecule has 1 aromatic carbocycles. The van der Waals surface area contributed by atoms with Crippen molar-refractivity contribution in [3.63, 3.8) is 0 Å². The fraction of sp³-hybridized carbons (Fsp3) is 0.267. The third kappa shape index (κ3) is 5.20. The second-order valence-electron chi connectivity index (χ2n) is 4.35. The number of ether oxygens (including phenoxy) is 1. The minimum absolute atomic E-state index is 0.110. The average molecular weight is 353 g/mol. The van der Waals surface area contributed by atoms with E-state index in [-0.39, 0.29) is 13.0 Å². The highest BCUT2D eigenvalue weighted by Crippen LogP contribution is 2.32. The van der Waals surface area contributed by atoms with Crippen LogP contribution in [0.25, 0.3) is 11.5 Å². The minimum atomic E-state index is -0.823. The van der Waals surface area contributed by atoms with Gasteiger partial charge in [-0.15, -0.1) is 16.6 Å². The van der Waals surface area contributed by atoms with E-state index in [0.29, 0.717) is 39.6 Å². The van der Waals surface area contributed by atoms with Gasteiger partial charge in [0, 0.05) is 12.2 Å². The number of halogens is 1. The lowest BCUT2D eigenvalue weighted by Gasteiger charge is -2.04. The smallest absolute Gasteiger partial charge is 0.303 e. The first-order valence-corrected chi connectivity index (χ1v) is 8.01. The number of benzene rings is 1. The van der Waals surface area contributed by atoms with Crippen LogP contribution in [0.2, 0.25) is 5.02 Å². The van der Waals surface area contributed by atoms with E-state index in [2.05, 4.69) is 16.1 Å². The summed E-state index contributed by atoms with van der Waals surface area (Å²) in [6.45, 7) is 0.160. The van der Waals surface area contributed by atoms with Crippen molar-refractivity contribution in [2.24, 2.45) is 0 Å². The summed E-state index contributed by atoms with van der Waals surface area (Å²) in [5.74, 6) is 2.98. The summed E-state index contributed by atoms with van der Waals surface area (Å²) in [7, 11) is 0. The van der Waals surface area contributed by atoms with Gasteiger partial charge < -0.3 is 14.3 Å². The first kappa shape index (κ1) is 17.2. The second kappa shape index (κ2) is 8.46. The van der Waals surface area contributed by atoms with Crippen LogP contribution < -0.4 is 4.74 Å². The SMILES string of the molecule is C#CCOc1ccc(-c2nnc(SCCCC(=O)O)o2)c(Cl)c1. The number of carbonyl (C=O) groups is 1. The molecule has 0 atom stereocenters. The molecule has 1 aromatic heterocycles. The lowest BCUT2D eigenvalue weighted by molar-refractivity contribution is -0.137. The Kier molecular flexibility index (Phi) is 6.32. The number of hydrogen-bond acceptors (Lipinski definition) is 6. The summed E-state index contributed by atoms with van der Waals surface area (Å²) in [5, 5.41) is 17.2. The van der Waals surface area contributed by atoms with Gasteiger partial charge >= 0.3 is 5.97 Å². The topological polar surface area (TPSA) is 85.5 Å². The molecular weight excluding hydrogens is 340 g/mol. The molecule has 0 amide bonds. The van der Waals surface area contributed by atoms with Crippen LogP contribution in [-0.2, 0) is 4.79 Å². The fourth-order valence-corrected chi connectivity index (χ4v) is 2.59. The molecule has 0 saturated carbocycles. The molecule has 0 aliphatic heterocycles. The summed E-state index contributed by atoms with van der Waals surface area (Å²) in [6, 6.07) is 5.04. The predicted molar refractivity (Wildman–Crippen MR) is 86.7 cm³/mol. The third-order valence-corrected chi connectivity index (χ3v) is 3.88. The van der Waals surface area contributed by atoms with Crippen molar-refractivity contribution in [1.29, 1.82) is 0 Å². The van der Waals surface area contributed by atoms with Gasteiger partial charge in [-0.3, -0.25) is 4.79 Å². The van der Waals surface area contributed by atoms with Gasteiger partial charge in [0.1, 0.15) is 12.4 Å². The van der Waals surface area contributed by atoms with Gasteiger partial charge in [0.2, 0.25) is 5.89 Å². The standard InChI is InChI=1S/C15H13ClN2O4S/c1-2-7-21-10-5-6-11(12(16)9-10)14-17-18-15(22-14)23-8-3-4-13(19)20/h1,5-6,9H,3-4,7-8H2,(H,19,20). The molecule has 1 heterocycles. The summed E-state index contributed by atoms with van der Waals surface area (Å²) in [4.78, 5) is 10.4. The maximum absolute atomic E-state index is 10.4. The van der Waals surface area contributed by atoms with Crippen molar-refractivity contribution in [3.05, 3.63) is 23.2 Å². The molecule has 1 N–H and O–H groups in total. The molecule has 0 aliphatic carbocycles. The fourth-order valence-electron chi connectivity index (χ4n) is 1.64. The Morgan fingerprint density at radius 2 is 2.30 bits per heavy atom. The van der Waals surface area contributed by atoms with Crippen LogP contribution in [0.1, 0.15) is 12.8 Å².